The third kappa shape index (κ3) is 19.0. The Morgan fingerprint density at radius 1 is 0.445 bits per heavy atom. The number of fused-ring (bicyclic) bond motifs is 9. The van der Waals surface area contributed by atoms with Crippen LogP contribution < -0.4 is 16.8 Å². The van der Waals surface area contributed by atoms with Gasteiger partial charge in [-0.15, -0.1) is 0 Å². The van der Waals surface area contributed by atoms with Crippen molar-refractivity contribution in [2.24, 2.45) is 39.9 Å². The fraction of sp³-hybridized carbons (Fsp3) is 0.500. The van der Waals surface area contributed by atoms with Crippen molar-refractivity contribution in [2.75, 3.05) is 31.1 Å². The maximum Gasteiger partial charge on any atom is 0.152 e. The summed E-state index contributed by atoms with van der Waals surface area (Å²) in [5, 5.41) is 7.09. The van der Waals surface area contributed by atoms with E-state index in [0.717, 1.165) is 206 Å². The highest BCUT2D eigenvalue weighted by molar-refractivity contribution is 6.08. The highest BCUT2D eigenvalue weighted by atomic mass is 15.2. The summed E-state index contributed by atoms with van der Waals surface area (Å²) in [5.41, 5.74) is 32.5. The van der Waals surface area contributed by atoms with Gasteiger partial charge in [-0.05, 0) is 185 Å². The Kier molecular flexibility index (Phi) is 23.9. The molecule has 3 fully saturated rings. The molecule has 0 saturated heterocycles. The van der Waals surface area contributed by atoms with Crippen LogP contribution in [-0.4, -0.2) is 84.1 Å². The molecule has 3 aliphatic rings. The van der Waals surface area contributed by atoms with E-state index in [1.54, 1.807) is 0 Å². The number of benzene rings is 6. The Morgan fingerprint density at radius 3 is 1.15 bits per heavy atom. The van der Waals surface area contributed by atoms with E-state index in [0.29, 0.717) is 22.5 Å². The second-order valence-corrected chi connectivity index (χ2v) is 37.5. The van der Waals surface area contributed by atoms with Crippen molar-refractivity contribution in [3.63, 3.8) is 0 Å². The quantitative estimate of drug-likeness (QED) is 0.0428. The summed E-state index contributed by atoms with van der Waals surface area (Å²) in [7, 11) is 0. The number of para-hydroxylation sites is 3. The standard InChI is InChI=1S/C33H44N4.C32H43N5.C31H41N5/c1-7-8-13-29-36-30-28(19-32(2,3)4)35-27-12-10-9-11-26(27)31(30)37(29)22-24-16-14-23(15-17-24)20-34-21-25-18-33(25,5)6;1-7-8-13-27-35-28-29(25-11-9-10-12-26(25)34-30(28)33)37(27)20-23-16-14-22(15-17-23)19-36(31(2,3)4)21-24-18-32(24,5)6;1-6-7-12-27-34-28-29(25-10-8-9-11-26(25)33-30(28)32)36(27)19-23-15-13-22(14-16-23)18-35(31(3,4)5)20-24-17-21(24)2/h9-12,14-17,25,34H,7-8,13,18-22H2,1-6H3;9-12,14-17,24H,7-8,13,18-21H2,1-6H3,(H2,33,34);8-11,13-16,21,24H,6-7,12,17-20H2,1-5H3,(H2,32,33). The number of aryl methyl sites for hydroxylation is 3. The molecule has 6 aromatic heterocycles. The number of unbranched alkanes of at least 4 members (excludes halogenated alkanes) is 3. The summed E-state index contributed by atoms with van der Waals surface area (Å²) in [6.07, 6.45) is 14.6. The number of rotatable bonds is 28. The molecule has 4 atom stereocenters. The van der Waals surface area contributed by atoms with Crippen LogP contribution >= 0.6 is 0 Å². The molecule has 3 saturated carbocycles. The minimum atomic E-state index is 0.148. The summed E-state index contributed by atoms with van der Waals surface area (Å²) in [6, 6.07) is 52.7. The van der Waals surface area contributed by atoms with Gasteiger partial charge >= 0.3 is 0 Å². The molecule has 110 heavy (non-hydrogen) atoms. The van der Waals surface area contributed by atoms with E-state index in [4.69, 9.17) is 31.4 Å². The molecule has 582 valence electrons. The predicted molar refractivity (Wildman–Crippen MR) is 463 cm³/mol. The molecule has 0 radical (unpaired) electrons. The van der Waals surface area contributed by atoms with E-state index >= 15 is 0 Å². The van der Waals surface area contributed by atoms with Crippen LogP contribution in [0, 0.1) is 39.9 Å². The van der Waals surface area contributed by atoms with E-state index < -0.39 is 0 Å². The molecule has 12 aromatic rings. The second kappa shape index (κ2) is 33.0. The first-order chi connectivity index (χ1) is 52.4. The van der Waals surface area contributed by atoms with Gasteiger partial charge in [0.1, 0.15) is 34.0 Å². The summed E-state index contributed by atoms with van der Waals surface area (Å²) < 4.78 is 7.22. The minimum Gasteiger partial charge on any atom is -0.382 e. The highest BCUT2D eigenvalue weighted by Crippen LogP contribution is 2.53. The van der Waals surface area contributed by atoms with Crippen LogP contribution in [-0.2, 0) is 65.0 Å². The van der Waals surface area contributed by atoms with E-state index in [1.165, 1.54) is 82.5 Å². The monoisotopic (exact) mass is 1480 g/mol. The molecule has 6 heterocycles. The molecule has 0 amide bonds. The molecule has 0 aliphatic heterocycles. The number of aromatic nitrogens is 9. The van der Waals surface area contributed by atoms with Crippen molar-refractivity contribution in [3.05, 3.63) is 202 Å². The molecule has 0 spiro atoms. The number of anilines is 2. The summed E-state index contributed by atoms with van der Waals surface area (Å²) in [6.45, 7) is 48.3. The van der Waals surface area contributed by atoms with Crippen molar-refractivity contribution < 1.29 is 0 Å². The number of nitrogens with zero attached hydrogens (tertiary/aromatic N) is 11. The van der Waals surface area contributed by atoms with Crippen molar-refractivity contribution in [2.45, 2.75) is 252 Å². The Hall–Kier alpha value is -8.56. The third-order valence-corrected chi connectivity index (χ3v) is 24.1. The van der Waals surface area contributed by atoms with E-state index in [9.17, 15) is 0 Å². The molecule has 3 aliphatic carbocycles. The minimum absolute atomic E-state index is 0.148. The first-order valence-corrected chi connectivity index (χ1v) is 41.7. The second-order valence-electron chi connectivity index (χ2n) is 37.5. The van der Waals surface area contributed by atoms with Crippen LogP contribution in [0.2, 0.25) is 0 Å². The number of nitrogens with two attached hydrogens (primary N) is 2. The molecule has 0 bridgehead atoms. The molecule has 14 heteroatoms. The highest BCUT2D eigenvalue weighted by Gasteiger charge is 2.47. The van der Waals surface area contributed by atoms with Crippen LogP contribution in [0.25, 0.3) is 65.8 Å². The number of pyridine rings is 3. The average molecular weight is 1480 g/mol. The maximum absolute atomic E-state index is 6.39. The van der Waals surface area contributed by atoms with Crippen LogP contribution in [0.4, 0.5) is 11.6 Å². The first kappa shape index (κ1) is 79.5. The topological polar surface area (TPSA) is 163 Å². The van der Waals surface area contributed by atoms with Gasteiger partial charge in [-0.3, -0.25) is 14.8 Å². The predicted octanol–water partition coefficient (Wildman–Crippen LogP) is 21.7. The smallest absolute Gasteiger partial charge is 0.152 e. The number of hydrogen-bond acceptors (Lipinski definition) is 11. The van der Waals surface area contributed by atoms with Gasteiger partial charge in [-0.2, -0.15) is 0 Å². The maximum atomic E-state index is 6.39. The van der Waals surface area contributed by atoms with E-state index in [2.05, 4.69) is 278 Å². The Labute approximate surface area is 657 Å². The molecular weight excluding hydrogens is 1350 g/mol. The lowest BCUT2D eigenvalue weighted by Gasteiger charge is -2.36. The van der Waals surface area contributed by atoms with Gasteiger partial charge in [0, 0.05) is 98.9 Å². The van der Waals surface area contributed by atoms with Crippen LogP contribution in [0.3, 0.4) is 0 Å². The number of nitrogens with one attached hydrogen (secondary N) is 1. The van der Waals surface area contributed by atoms with Crippen molar-refractivity contribution in [1.29, 1.82) is 0 Å². The molecule has 6 aromatic carbocycles. The summed E-state index contributed by atoms with van der Waals surface area (Å²) >= 11 is 0. The first-order valence-electron chi connectivity index (χ1n) is 41.7. The Balaban J connectivity index is 0.000000145. The average Bonchev–Trinajstić information content (AvgIpc) is 1.59. The fourth-order valence-electron chi connectivity index (χ4n) is 16.3. The van der Waals surface area contributed by atoms with E-state index in [1.807, 2.05) is 24.3 Å². The van der Waals surface area contributed by atoms with Gasteiger partial charge in [0.05, 0.1) is 38.8 Å². The van der Waals surface area contributed by atoms with Gasteiger partial charge < -0.3 is 30.5 Å². The van der Waals surface area contributed by atoms with Gasteiger partial charge in [0.25, 0.3) is 0 Å². The number of nitrogen functional groups attached to an aromatic ring is 2. The largest absolute Gasteiger partial charge is 0.382 e. The van der Waals surface area contributed by atoms with Crippen molar-refractivity contribution in [3.8, 4) is 0 Å². The normalized spacial score (nSPS) is 17.4. The van der Waals surface area contributed by atoms with Crippen LogP contribution in [0.1, 0.15) is 232 Å². The van der Waals surface area contributed by atoms with Crippen LogP contribution in [0.5, 0.6) is 0 Å². The lowest BCUT2D eigenvalue weighted by atomic mass is 9.89. The van der Waals surface area contributed by atoms with Gasteiger partial charge in [-0.25, -0.2) is 24.9 Å². The lowest BCUT2D eigenvalue weighted by molar-refractivity contribution is 0.116. The number of imidazole rings is 3. The van der Waals surface area contributed by atoms with Gasteiger partial charge in [0.15, 0.2) is 11.6 Å². The number of hydrogen-bond donors (Lipinski definition) is 3. The van der Waals surface area contributed by atoms with Crippen LogP contribution in [0.15, 0.2) is 146 Å². The molecule has 15 rings (SSSR count). The molecule has 14 nitrogen and oxygen atoms in total. The summed E-state index contributed by atoms with van der Waals surface area (Å²) in [4.78, 5) is 34.9. The molecule has 5 N–H and O–H groups in total. The van der Waals surface area contributed by atoms with Crippen molar-refractivity contribution >= 4 is 77.4 Å². The fourth-order valence-corrected chi connectivity index (χ4v) is 16.3. The summed E-state index contributed by atoms with van der Waals surface area (Å²) in [5.74, 6) is 7.78. The Morgan fingerprint density at radius 2 is 0.791 bits per heavy atom. The lowest BCUT2D eigenvalue weighted by Crippen LogP contribution is -2.42. The zero-order valence-electron chi connectivity index (χ0n) is 69.8. The zero-order chi connectivity index (χ0) is 78.0. The SMILES string of the molecule is CCCCc1nc2c(CC(C)(C)C)nc3ccccc3c2n1Cc1ccc(CNCC2CC2(C)C)cc1.CCCCc1nc2c(N)nc3ccccc3c2n1Cc1ccc(CN(CC2CC2(C)C)C(C)(C)C)cc1.CCCCc1nc2c(N)nc3ccccc3c2n1Cc1ccc(CN(CC2CC2C)C(C)(C)C)cc1. The zero-order valence-corrected chi connectivity index (χ0v) is 69.8. The molecular formula is C96H128N14. The van der Waals surface area contributed by atoms with Crippen molar-refractivity contribution in [1.82, 2.24) is 58.7 Å². The van der Waals surface area contributed by atoms with E-state index in [-0.39, 0.29) is 16.5 Å². The van der Waals surface area contributed by atoms with Gasteiger partial charge in [-0.1, -0.05) is 223 Å². The Bertz CT molecular complexity index is 5130. The van der Waals surface area contributed by atoms with Gasteiger partial charge in [0.2, 0.25) is 0 Å². The third-order valence-electron chi connectivity index (χ3n) is 24.1. The molecule has 4 unspecified atom stereocenters.